The number of aromatic nitrogens is 1. The van der Waals surface area contributed by atoms with Crippen molar-refractivity contribution in [3.63, 3.8) is 0 Å². The summed E-state index contributed by atoms with van der Waals surface area (Å²) in [5.41, 5.74) is 9.28. The van der Waals surface area contributed by atoms with E-state index in [1.54, 1.807) is 6.07 Å². The number of guanidine groups is 1. The molecule has 0 amide bonds. The third-order valence-corrected chi connectivity index (χ3v) is 6.18. The van der Waals surface area contributed by atoms with Gasteiger partial charge >= 0.3 is 0 Å². The van der Waals surface area contributed by atoms with E-state index in [9.17, 15) is 4.39 Å². The second-order valence-electron chi connectivity index (χ2n) is 7.44. The summed E-state index contributed by atoms with van der Waals surface area (Å²) in [5, 5.41) is 4.14. The van der Waals surface area contributed by atoms with E-state index < -0.39 is 0 Å². The molecule has 3 aromatic rings. The standard InChI is InChI=1S/C23H25FN4OS/c1-16(13-17-7-8-19(20(24)14-17)18-5-3-2-4-6-18)21-15-22(29-27-21)26-23(25)28-9-11-30-12-10-28/h2-8,14-16H,9-13H2,1H3,(H2,25,26). The Balaban J connectivity index is 1.43. The third kappa shape index (κ3) is 4.84. The lowest BCUT2D eigenvalue weighted by Crippen LogP contribution is -2.42. The first-order valence-electron chi connectivity index (χ1n) is 10.1. The molecule has 2 heterocycles. The summed E-state index contributed by atoms with van der Waals surface area (Å²) in [6, 6.07) is 16.8. The number of nitrogens with two attached hydrogens (primary N) is 1. The Labute approximate surface area is 180 Å². The zero-order valence-electron chi connectivity index (χ0n) is 16.9. The van der Waals surface area contributed by atoms with Crippen LogP contribution >= 0.6 is 11.8 Å². The molecule has 1 fully saturated rings. The van der Waals surface area contributed by atoms with Crippen LogP contribution in [-0.4, -0.2) is 40.6 Å². The number of nitrogens with zero attached hydrogens (tertiary/aromatic N) is 3. The molecule has 1 saturated heterocycles. The summed E-state index contributed by atoms with van der Waals surface area (Å²) in [4.78, 5) is 6.43. The summed E-state index contributed by atoms with van der Waals surface area (Å²) < 4.78 is 20.0. The molecule has 1 aliphatic rings. The highest BCUT2D eigenvalue weighted by molar-refractivity contribution is 7.99. The summed E-state index contributed by atoms with van der Waals surface area (Å²) in [5.74, 6) is 2.81. The highest BCUT2D eigenvalue weighted by Gasteiger charge is 2.16. The first-order valence-corrected chi connectivity index (χ1v) is 11.2. The predicted octanol–water partition coefficient (Wildman–Crippen LogP) is 4.82. The van der Waals surface area contributed by atoms with Crippen LogP contribution in [-0.2, 0) is 6.42 Å². The number of hydrogen-bond acceptors (Lipinski definition) is 4. The van der Waals surface area contributed by atoms with Crippen molar-refractivity contribution in [1.82, 2.24) is 10.1 Å². The Morgan fingerprint density at radius 1 is 1.20 bits per heavy atom. The van der Waals surface area contributed by atoms with Crippen molar-refractivity contribution < 1.29 is 8.91 Å². The van der Waals surface area contributed by atoms with Crippen molar-refractivity contribution in [3.05, 3.63) is 71.7 Å². The van der Waals surface area contributed by atoms with Gasteiger partial charge in [0.05, 0.1) is 5.69 Å². The lowest BCUT2D eigenvalue weighted by atomic mass is 9.96. The van der Waals surface area contributed by atoms with E-state index in [2.05, 4.69) is 15.0 Å². The van der Waals surface area contributed by atoms with Gasteiger partial charge in [-0.1, -0.05) is 54.5 Å². The van der Waals surface area contributed by atoms with Gasteiger partial charge in [-0.3, -0.25) is 0 Å². The van der Waals surface area contributed by atoms with Crippen molar-refractivity contribution in [2.75, 3.05) is 24.6 Å². The van der Waals surface area contributed by atoms with Gasteiger partial charge in [0, 0.05) is 42.1 Å². The molecule has 0 bridgehead atoms. The summed E-state index contributed by atoms with van der Waals surface area (Å²) in [7, 11) is 0. The SMILES string of the molecule is CC(Cc1ccc(-c2ccccc2)c(F)c1)c1cc(N=C(N)N2CCSCC2)on1. The van der Waals surface area contributed by atoms with Gasteiger partial charge in [0.2, 0.25) is 0 Å². The van der Waals surface area contributed by atoms with Crippen molar-refractivity contribution in [1.29, 1.82) is 0 Å². The van der Waals surface area contributed by atoms with Crippen LogP contribution in [0.25, 0.3) is 11.1 Å². The van der Waals surface area contributed by atoms with Crippen molar-refractivity contribution in [2.24, 2.45) is 10.7 Å². The van der Waals surface area contributed by atoms with E-state index in [1.807, 2.05) is 67.2 Å². The molecular formula is C23H25FN4OS. The molecule has 1 unspecified atom stereocenters. The molecule has 1 aromatic heterocycles. The smallest absolute Gasteiger partial charge is 0.253 e. The molecule has 0 aliphatic carbocycles. The van der Waals surface area contributed by atoms with Gasteiger partial charge in [-0.2, -0.15) is 16.8 Å². The lowest BCUT2D eigenvalue weighted by molar-refractivity contribution is 0.411. The zero-order valence-corrected chi connectivity index (χ0v) is 17.7. The van der Waals surface area contributed by atoms with Gasteiger partial charge in [-0.05, 0) is 23.6 Å². The number of aliphatic imine (C=N–C) groups is 1. The second-order valence-corrected chi connectivity index (χ2v) is 8.67. The fraction of sp³-hybridized carbons (Fsp3) is 0.304. The first-order chi connectivity index (χ1) is 14.6. The van der Waals surface area contributed by atoms with E-state index in [4.69, 9.17) is 10.3 Å². The molecule has 30 heavy (non-hydrogen) atoms. The number of rotatable bonds is 5. The van der Waals surface area contributed by atoms with Gasteiger partial charge in [-0.25, -0.2) is 4.39 Å². The maximum Gasteiger partial charge on any atom is 0.253 e. The molecule has 5 nitrogen and oxygen atoms in total. The molecule has 2 N–H and O–H groups in total. The van der Waals surface area contributed by atoms with E-state index in [0.717, 1.165) is 41.4 Å². The van der Waals surface area contributed by atoms with Gasteiger partial charge in [0.15, 0.2) is 5.96 Å². The molecule has 0 saturated carbocycles. The Morgan fingerprint density at radius 2 is 1.97 bits per heavy atom. The topological polar surface area (TPSA) is 67.7 Å². The molecule has 0 radical (unpaired) electrons. The second kappa shape index (κ2) is 9.34. The maximum absolute atomic E-state index is 14.6. The fourth-order valence-electron chi connectivity index (χ4n) is 3.54. The Morgan fingerprint density at radius 3 is 2.70 bits per heavy atom. The van der Waals surface area contributed by atoms with Crippen molar-refractivity contribution >= 4 is 23.6 Å². The van der Waals surface area contributed by atoms with Crippen LogP contribution in [0.5, 0.6) is 0 Å². The lowest BCUT2D eigenvalue weighted by Gasteiger charge is -2.26. The third-order valence-electron chi connectivity index (χ3n) is 5.24. The summed E-state index contributed by atoms with van der Waals surface area (Å²) in [6.45, 7) is 3.82. The minimum absolute atomic E-state index is 0.0623. The molecular weight excluding hydrogens is 399 g/mol. The normalized spacial score (nSPS) is 15.9. The molecule has 1 atom stereocenters. The largest absolute Gasteiger partial charge is 0.369 e. The van der Waals surface area contributed by atoms with Crippen LogP contribution in [0.15, 0.2) is 64.1 Å². The van der Waals surface area contributed by atoms with Gasteiger partial charge in [-0.15, -0.1) is 0 Å². The molecule has 0 spiro atoms. The number of benzene rings is 2. The first kappa shape index (κ1) is 20.5. The van der Waals surface area contributed by atoms with Gasteiger partial charge in [0.25, 0.3) is 5.88 Å². The van der Waals surface area contributed by atoms with Gasteiger partial charge in [0.1, 0.15) is 5.82 Å². The van der Waals surface area contributed by atoms with Crippen molar-refractivity contribution in [2.45, 2.75) is 19.3 Å². The highest BCUT2D eigenvalue weighted by atomic mass is 32.2. The zero-order chi connectivity index (χ0) is 20.9. The van der Waals surface area contributed by atoms with Crippen LogP contribution in [0, 0.1) is 5.82 Å². The Kier molecular flexibility index (Phi) is 6.38. The quantitative estimate of drug-likeness (QED) is 0.470. The molecule has 156 valence electrons. The number of thioether (sulfide) groups is 1. The number of hydrogen-bond donors (Lipinski definition) is 1. The minimum Gasteiger partial charge on any atom is -0.369 e. The Hall–Kier alpha value is -2.80. The van der Waals surface area contributed by atoms with Crippen LogP contribution in [0.2, 0.25) is 0 Å². The maximum atomic E-state index is 14.6. The average Bonchev–Trinajstić information content (AvgIpc) is 3.24. The van der Waals surface area contributed by atoms with Crippen LogP contribution in [0.4, 0.5) is 10.3 Å². The monoisotopic (exact) mass is 424 g/mol. The van der Waals surface area contributed by atoms with Crippen LogP contribution in [0.3, 0.4) is 0 Å². The van der Waals surface area contributed by atoms with Crippen LogP contribution < -0.4 is 5.73 Å². The molecule has 2 aromatic carbocycles. The fourth-order valence-corrected chi connectivity index (χ4v) is 4.44. The van der Waals surface area contributed by atoms with Crippen molar-refractivity contribution in [3.8, 4) is 11.1 Å². The summed E-state index contributed by atoms with van der Waals surface area (Å²) in [6.07, 6.45) is 0.653. The average molecular weight is 425 g/mol. The Bertz CT molecular complexity index is 1020. The summed E-state index contributed by atoms with van der Waals surface area (Å²) >= 11 is 1.92. The van der Waals surface area contributed by atoms with E-state index in [-0.39, 0.29) is 11.7 Å². The number of halogens is 1. The highest BCUT2D eigenvalue weighted by Crippen LogP contribution is 2.27. The van der Waals surface area contributed by atoms with E-state index in [0.29, 0.717) is 23.8 Å². The van der Waals surface area contributed by atoms with E-state index >= 15 is 0 Å². The predicted molar refractivity (Wildman–Crippen MR) is 121 cm³/mol. The molecule has 1 aliphatic heterocycles. The molecule has 4 rings (SSSR count). The van der Waals surface area contributed by atoms with Crippen LogP contribution in [0.1, 0.15) is 24.1 Å². The van der Waals surface area contributed by atoms with E-state index in [1.165, 1.54) is 0 Å². The minimum atomic E-state index is -0.219. The van der Waals surface area contributed by atoms with Gasteiger partial charge < -0.3 is 15.2 Å². The molecule has 7 heteroatoms.